The first-order chi connectivity index (χ1) is 16.3. The van der Waals surface area contributed by atoms with E-state index in [-0.39, 0.29) is 29.6 Å². The number of carbonyl (C=O) groups is 3. The maximum Gasteiger partial charge on any atom is 0.293 e. The van der Waals surface area contributed by atoms with Crippen LogP contribution in [0.15, 0.2) is 47.4 Å². The Labute approximate surface area is 204 Å². The van der Waals surface area contributed by atoms with E-state index < -0.39 is 0 Å². The van der Waals surface area contributed by atoms with Gasteiger partial charge in [0, 0.05) is 12.2 Å². The summed E-state index contributed by atoms with van der Waals surface area (Å²) in [5, 5.41) is 2.65. The van der Waals surface area contributed by atoms with E-state index in [4.69, 9.17) is 9.47 Å². The summed E-state index contributed by atoms with van der Waals surface area (Å²) < 4.78 is 11.4. The highest BCUT2D eigenvalue weighted by Gasteiger charge is 2.34. The largest absolute Gasteiger partial charge is 0.490 e. The molecule has 0 aromatic heterocycles. The van der Waals surface area contributed by atoms with Gasteiger partial charge < -0.3 is 14.8 Å². The van der Waals surface area contributed by atoms with Gasteiger partial charge in [0.1, 0.15) is 0 Å². The molecule has 0 saturated carbocycles. The number of hydrogen-bond donors (Lipinski definition) is 1. The smallest absolute Gasteiger partial charge is 0.293 e. The van der Waals surface area contributed by atoms with Gasteiger partial charge in [-0.05, 0) is 66.4 Å². The fourth-order valence-corrected chi connectivity index (χ4v) is 4.38. The maximum atomic E-state index is 12.5. The van der Waals surface area contributed by atoms with Crippen LogP contribution in [0.3, 0.4) is 0 Å². The molecule has 34 heavy (non-hydrogen) atoms. The van der Waals surface area contributed by atoms with Gasteiger partial charge in [-0.15, -0.1) is 0 Å². The van der Waals surface area contributed by atoms with E-state index in [1.54, 1.807) is 24.3 Å². The molecule has 180 valence electrons. The second-order valence-electron chi connectivity index (χ2n) is 8.05. The number of hydrogen-bond acceptors (Lipinski definition) is 6. The molecule has 0 spiro atoms. The van der Waals surface area contributed by atoms with Crippen LogP contribution in [-0.2, 0) is 9.59 Å². The molecule has 0 unspecified atom stereocenters. The van der Waals surface area contributed by atoms with Crippen LogP contribution in [-0.4, -0.2) is 41.7 Å². The third kappa shape index (κ3) is 6.20. The van der Waals surface area contributed by atoms with E-state index in [1.165, 1.54) is 4.90 Å². The van der Waals surface area contributed by atoms with Crippen molar-refractivity contribution in [2.24, 2.45) is 0 Å². The van der Waals surface area contributed by atoms with Crippen LogP contribution in [0.1, 0.15) is 51.2 Å². The van der Waals surface area contributed by atoms with E-state index in [9.17, 15) is 14.4 Å². The monoisotopic (exact) mass is 482 g/mol. The zero-order chi connectivity index (χ0) is 24.7. The lowest BCUT2D eigenvalue weighted by atomic mass is 10.0. The van der Waals surface area contributed by atoms with E-state index in [2.05, 4.69) is 19.2 Å². The van der Waals surface area contributed by atoms with Crippen LogP contribution in [0.5, 0.6) is 11.5 Å². The van der Waals surface area contributed by atoms with Crippen LogP contribution in [0, 0.1) is 0 Å². The lowest BCUT2D eigenvalue weighted by Crippen LogP contribution is -2.28. The molecule has 1 saturated heterocycles. The summed E-state index contributed by atoms with van der Waals surface area (Å²) in [6.45, 7) is 8.54. The summed E-state index contributed by atoms with van der Waals surface area (Å²) >= 11 is 0.932. The second kappa shape index (κ2) is 11.7. The van der Waals surface area contributed by atoms with E-state index in [1.807, 2.05) is 38.1 Å². The van der Waals surface area contributed by atoms with Crippen molar-refractivity contribution in [1.29, 1.82) is 0 Å². The normalized spacial score (nSPS) is 14.7. The summed E-state index contributed by atoms with van der Waals surface area (Å²) in [7, 11) is 0. The van der Waals surface area contributed by atoms with Crippen molar-refractivity contribution >= 4 is 40.6 Å². The highest BCUT2D eigenvalue weighted by molar-refractivity contribution is 8.18. The molecule has 3 amide bonds. The average molecular weight is 483 g/mol. The Hall–Kier alpha value is -3.26. The highest BCUT2D eigenvalue weighted by Crippen LogP contribution is 2.35. The maximum absolute atomic E-state index is 12.5. The van der Waals surface area contributed by atoms with Crippen molar-refractivity contribution in [2.45, 2.75) is 40.0 Å². The average Bonchev–Trinajstić information content (AvgIpc) is 3.06. The molecule has 0 atom stereocenters. The third-order valence-corrected chi connectivity index (χ3v) is 6.01. The van der Waals surface area contributed by atoms with Crippen molar-refractivity contribution in [3.8, 4) is 11.5 Å². The zero-order valence-corrected chi connectivity index (χ0v) is 20.7. The first kappa shape index (κ1) is 25.4. The molecule has 3 rings (SSSR count). The Morgan fingerprint density at radius 1 is 1.09 bits per heavy atom. The number of para-hydroxylation sites is 1. The fourth-order valence-electron chi connectivity index (χ4n) is 3.51. The highest BCUT2D eigenvalue weighted by atomic mass is 32.2. The summed E-state index contributed by atoms with van der Waals surface area (Å²) in [6, 6.07) is 12.9. The van der Waals surface area contributed by atoms with Crippen LogP contribution in [0.25, 0.3) is 6.08 Å². The Kier molecular flexibility index (Phi) is 8.76. The number of nitrogens with one attached hydrogen (secondary N) is 1. The molecule has 1 heterocycles. The number of amides is 3. The molecule has 1 fully saturated rings. The number of rotatable bonds is 10. The minimum absolute atomic E-state index is 0.179. The molecule has 2 aromatic rings. The van der Waals surface area contributed by atoms with Crippen LogP contribution in [0.2, 0.25) is 0 Å². The van der Waals surface area contributed by atoms with Crippen LogP contribution >= 0.6 is 11.8 Å². The topological polar surface area (TPSA) is 84.9 Å². The van der Waals surface area contributed by atoms with E-state index >= 15 is 0 Å². The number of ether oxygens (including phenoxy) is 2. The van der Waals surface area contributed by atoms with E-state index in [0.29, 0.717) is 41.5 Å². The lowest BCUT2D eigenvalue weighted by Gasteiger charge is -2.15. The molecule has 0 bridgehead atoms. The number of anilines is 1. The molecule has 0 aliphatic carbocycles. The van der Waals surface area contributed by atoms with Gasteiger partial charge in [-0.2, -0.15) is 0 Å². The molecule has 1 N–H and O–H groups in total. The predicted octanol–water partition coefficient (Wildman–Crippen LogP) is 5.67. The van der Waals surface area contributed by atoms with Gasteiger partial charge in [0.25, 0.3) is 17.1 Å². The Balaban J connectivity index is 1.71. The molecule has 0 radical (unpaired) electrons. The molecule has 1 aliphatic heterocycles. The Morgan fingerprint density at radius 2 is 1.85 bits per heavy atom. The van der Waals surface area contributed by atoms with Crippen molar-refractivity contribution in [3.05, 3.63) is 58.5 Å². The van der Waals surface area contributed by atoms with Gasteiger partial charge in [-0.25, -0.2) is 0 Å². The molecule has 7 nitrogen and oxygen atoms in total. The summed E-state index contributed by atoms with van der Waals surface area (Å²) in [5.74, 6) is 0.598. The van der Waals surface area contributed by atoms with Crippen molar-refractivity contribution in [2.75, 3.05) is 25.1 Å². The van der Waals surface area contributed by atoms with Crippen LogP contribution < -0.4 is 14.8 Å². The van der Waals surface area contributed by atoms with Crippen molar-refractivity contribution < 1.29 is 23.9 Å². The third-order valence-electron chi connectivity index (χ3n) is 5.10. The van der Waals surface area contributed by atoms with Crippen LogP contribution in [0.4, 0.5) is 10.5 Å². The lowest BCUT2D eigenvalue weighted by molar-refractivity contribution is -0.122. The molecule has 2 aromatic carbocycles. The van der Waals surface area contributed by atoms with Gasteiger partial charge in [-0.1, -0.05) is 45.0 Å². The summed E-state index contributed by atoms with van der Waals surface area (Å²) in [5.41, 5.74) is 2.52. The number of nitrogens with zero attached hydrogens (tertiary/aromatic N) is 1. The van der Waals surface area contributed by atoms with Gasteiger partial charge in [-0.3, -0.25) is 19.3 Å². The zero-order valence-electron chi connectivity index (χ0n) is 19.9. The van der Waals surface area contributed by atoms with E-state index in [0.717, 1.165) is 23.0 Å². The number of imide groups is 1. The van der Waals surface area contributed by atoms with Crippen molar-refractivity contribution in [3.63, 3.8) is 0 Å². The van der Waals surface area contributed by atoms with Gasteiger partial charge in [0.15, 0.2) is 18.1 Å². The SMILES string of the molecule is CCCN1C(=O)S/C(=C/c2ccc(OCC(=O)Nc3ccccc3C(C)C)c(OCC)c2)C1=O. The standard InChI is InChI=1S/C26H30N2O5S/c1-5-13-28-25(30)23(34-26(28)31)15-18-11-12-21(22(14-18)32-6-2)33-16-24(29)27-20-10-8-7-9-19(20)17(3)4/h7-12,14-15,17H,5-6,13,16H2,1-4H3,(H,27,29)/b23-15+. The quantitative estimate of drug-likeness (QED) is 0.439. The molecule has 1 aliphatic rings. The minimum Gasteiger partial charge on any atom is -0.490 e. The molecular weight excluding hydrogens is 452 g/mol. The van der Waals surface area contributed by atoms with Gasteiger partial charge >= 0.3 is 0 Å². The number of thioether (sulfide) groups is 1. The summed E-state index contributed by atoms with van der Waals surface area (Å²) in [6.07, 6.45) is 2.38. The van der Waals surface area contributed by atoms with Crippen molar-refractivity contribution in [1.82, 2.24) is 4.90 Å². The number of carbonyl (C=O) groups excluding carboxylic acids is 3. The van der Waals surface area contributed by atoms with Gasteiger partial charge in [0.2, 0.25) is 0 Å². The second-order valence-corrected chi connectivity index (χ2v) is 9.04. The summed E-state index contributed by atoms with van der Waals surface area (Å²) in [4.78, 5) is 38.7. The first-order valence-electron chi connectivity index (χ1n) is 11.4. The van der Waals surface area contributed by atoms with Gasteiger partial charge in [0.05, 0.1) is 11.5 Å². The fraction of sp³-hybridized carbons (Fsp3) is 0.346. The number of benzene rings is 2. The Bertz CT molecular complexity index is 1100. The Morgan fingerprint density at radius 3 is 2.56 bits per heavy atom. The molecule has 8 heteroatoms. The molecular formula is C26H30N2O5S. The first-order valence-corrected chi connectivity index (χ1v) is 12.2. The minimum atomic E-state index is -0.284. The predicted molar refractivity (Wildman–Crippen MR) is 135 cm³/mol.